The lowest BCUT2D eigenvalue weighted by Crippen LogP contribution is -1.94. The first-order chi connectivity index (χ1) is 8.99. The second-order valence-electron chi connectivity index (χ2n) is 3.96. The molecule has 0 amide bonds. The zero-order chi connectivity index (χ0) is 14.0. The minimum absolute atomic E-state index is 0.0649. The van der Waals surface area contributed by atoms with Gasteiger partial charge < -0.3 is 9.30 Å². The van der Waals surface area contributed by atoms with E-state index in [0.29, 0.717) is 24.3 Å². The van der Waals surface area contributed by atoms with Crippen molar-refractivity contribution in [3.8, 4) is 5.75 Å². The van der Waals surface area contributed by atoms with Gasteiger partial charge in [-0.2, -0.15) is 0 Å². The van der Waals surface area contributed by atoms with Crippen molar-refractivity contribution in [1.82, 2.24) is 4.57 Å². The van der Waals surface area contributed by atoms with Gasteiger partial charge in [-0.05, 0) is 19.1 Å². The van der Waals surface area contributed by atoms with Gasteiger partial charge in [0.2, 0.25) is 0 Å². The highest BCUT2D eigenvalue weighted by Crippen LogP contribution is 2.35. The molecule has 0 saturated carbocycles. The lowest BCUT2D eigenvalue weighted by atomic mass is 10.2. The van der Waals surface area contributed by atoms with Crippen molar-refractivity contribution in [3.63, 3.8) is 0 Å². The first kappa shape index (κ1) is 14.0. The Morgan fingerprint density at radius 3 is 2.79 bits per heavy atom. The molecule has 0 bridgehead atoms. The van der Waals surface area contributed by atoms with Crippen LogP contribution < -0.4 is 4.74 Å². The fraction of sp³-hybridized carbons (Fsp3) is 0.231. The normalized spacial score (nSPS) is 11.7. The van der Waals surface area contributed by atoms with Gasteiger partial charge >= 0.3 is 0 Å². The van der Waals surface area contributed by atoms with Crippen LogP contribution >= 0.6 is 10.7 Å². The van der Waals surface area contributed by atoms with Crippen molar-refractivity contribution in [1.29, 1.82) is 0 Å². The van der Waals surface area contributed by atoms with Crippen LogP contribution in [0.15, 0.2) is 41.9 Å². The number of rotatable bonds is 5. The van der Waals surface area contributed by atoms with Crippen LogP contribution in [0.5, 0.6) is 5.75 Å². The third-order valence-electron chi connectivity index (χ3n) is 2.72. The molecular formula is C13H14ClNO3S. The standard InChI is InChI=1S/C13H14ClNO3S/c1-3-8-15-9-12(19(14,16)17)13-10(15)6-5-7-11(13)18-4-2/h3,5-7,9H,1,4,8H2,2H3. The average Bonchev–Trinajstić information content (AvgIpc) is 2.70. The molecule has 4 nitrogen and oxygen atoms in total. The Kier molecular flexibility index (Phi) is 3.87. The van der Waals surface area contributed by atoms with Crippen LogP contribution in [0.4, 0.5) is 0 Å². The Morgan fingerprint density at radius 1 is 1.47 bits per heavy atom. The second-order valence-corrected chi connectivity index (χ2v) is 6.49. The van der Waals surface area contributed by atoms with Gasteiger partial charge in [-0.15, -0.1) is 6.58 Å². The third kappa shape index (κ3) is 2.62. The number of benzene rings is 1. The monoisotopic (exact) mass is 299 g/mol. The van der Waals surface area contributed by atoms with E-state index in [1.54, 1.807) is 16.7 Å². The molecule has 0 fully saturated rings. The van der Waals surface area contributed by atoms with Gasteiger partial charge in [-0.1, -0.05) is 12.1 Å². The maximum Gasteiger partial charge on any atom is 0.263 e. The number of ether oxygens (including phenoxy) is 1. The number of hydrogen-bond acceptors (Lipinski definition) is 3. The Bertz CT molecular complexity index is 719. The minimum Gasteiger partial charge on any atom is -0.493 e. The van der Waals surface area contributed by atoms with Crippen molar-refractivity contribution in [3.05, 3.63) is 37.1 Å². The Hall–Kier alpha value is -1.46. The predicted molar refractivity (Wildman–Crippen MR) is 76.3 cm³/mol. The van der Waals surface area contributed by atoms with Gasteiger partial charge in [0.15, 0.2) is 0 Å². The van der Waals surface area contributed by atoms with Crippen molar-refractivity contribution in [2.24, 2.45) is 0 Å². The van der Waals surface area contributed by atoms with Crippen molar-refractivity contribution in [2.45, 2.75) is 18.4 Å². The summed E-state index contributed by atoms with van der Waals surface area (Å²) < 4.78 is 30.6. The zero-order valence-corrected chi connectivity index (χ0v) is 12.0. The highest BCUT2D eigenvalue weighted by molar-refractivity contribution is 8.14. The molecule has 2 aromatic rings. The lowest BCUT2D eigenvalue weighted by Gasteiger charge is -2.06. The molecule has 0 aliphatic rings. The molecular weight excluding hydrogens is 286 g/mol. The van der Waals surface area contributed by atoms with Crippen LogP contribution in [0.3, 0.4) is 0 Å². The Morgan fingerprint density at radius 2 is 2.21 bits per heavy atom. The molecule has 0 aliphatic heterocycles. The first-order valence-electron chi connectivity index (χ1n) is 5.79. The lowest BCUT2D eigenvalue weighted by molar-refractivity contribution is 0.344. The predicted octanol–water partition coefficient (Wildman–Crippen LogP) is 3.15. The minimum atomic E-state index is -3.83. The van der Waals surface area contributed by atoms with Crippen molar-refractivity contribution < 1.29 is 13.2 Å². The molecule has 0 radical (unpaired) electrons. The summed E-state index contributed by atoms with van der Waals surface area (Å²) in [4.78, 5) is 0.0649. The fourth-order valence-corrected chi connectivity index (χ4v) is 3.09. The molecule has 0 N–H and O–H groups in total. The molecule has 0 unspecified atom stereocenters. The molecule has 102 valence electrons. The van der Waals surface area contributed by atoms with Crippen LogP contribution in [0.2, 0.25) is 0 Å². The zero-order valence-electron chi connectivity index (χ0n) is 10.5. The SMILES string of the molecule is C=CCn1cc(S(=O)(=O)Cl)c2c(OCC)cccc21. The van der Waals surface area contributed by atoms with E-state index < -0.39 is 9.05 Å². The maximum atomic E-state index is 11.7. The van der Waals surface area contributed by atoms with Gasteiger partial charge in [0.1, 0.15) is 10.6 Å². The number of halogens is 1. The van der Waals surface area contributed by atoms with E-state index in [2.05, 4.69) is 6.58 Å². The summed E-state index contributed by atoms with van der Waals surface area (Å²) in [5.74, 6) is 0.516. The first-order valence-corrected chi connectivity index (χ1v) is 8.10. The summed E-state index contributed by atoms with van der Waals surface area (Å²) in [6.45, 7) is 6.45. The Balaban J connectivity index is 2.83. The van der Waals surface area contributed by atoms with E-state index in [4.69, 9.17) is 15.4 Å². The largest absolute Gasteiger partial charge is 0.493 e. The summed E-state index contributed by atoms with van der Waals surface area (Å²) in [5.41, 5.74) is 0.755. The van der Waals surface area contributed by atoms with E-state index in [1.165, 1.54) is 6.20 Å². The quantitative estimate of drug-likeness (QED) is 0.629. The molecule has 0 saturated heterocycles. The molecule has 6 heteroatoms. The number of fused-ring (bicyclic) bond motifs is 1. The van der Waals surface area contributed by atoms with E-state index in [-0.39, 0.29) is 4.90 Å². The molecule has 1 aromatic carbocycles. The molecule has 0 aliphatic carbocycles. The number of hydrogen-bond donors (Lipinski definition) is 0. The van der Waals surface area contributed by atoms with Crippen LogP contribution in [0.25, 0.3) is 10.9 Å². The van der Waals surface area contributed by atoms with Gasteiger partial charge in [-0.25, -0.2) is 8.42 Å². The Labute approximate surface area is 116 Å². The molecule has 1 heterocycles. The molecule has 2 rings (SSSR count). The van der Waals surface area contributed by atoms with Gasteiger partial charge in [0, 0.05) is 23.4 Å². The molecule has 0 atom stereocenters. The maximum absolute atomic E-state index is 11.7. The number of allylic oxidation sites excluding steroid dienone is 1. The molecule has 0 spiro atoms. The van der Waals surface area contributed by atoms with E-state index in [0.717, 1.165) is 5.52 Å². The highest BCUT2D eigenvalue weighted by atomic mass is 35.7. The van der Waals surface area contributed by atoms with Gasteiger partial charge in [-0.3, -0.25) is 0 Å². The summed E-state index contributed by atoms with van der Waals surface area (Å²) >= 11 is 0. The van der Waals surface area contributed by atoms with Crippen LogP contribution in [0.1, 0.15) is 6.92 Å². The third-order valence-corrected chi connectivity index (χ3v) is 4.06. The molecule has 19 heavy (non-hydrogen) atoms. The van der Waals surface area contributed by atoms with Crippen molar-refractivity contribution >= 4 is 30.6 Å². The average molecular weight is 300 g/mol. The van der Waals surface area contributed by atoms with Crippen LogP contribution in [-0.2, 0) is 15.6 Å². The van der Waals surface area contributed by atoms with Crippen molar-refractivity contribution in [2.75, 3.05) is 6.61 Å². The van der Waals surface area contributed by atoms with E-state index >= 15 is 0 Å². The summed E-state index contributed by atoms with van der Waals surface area (Å²) in [7, 11) is 1.67. The van der Waals surface area contributed by atoms with Gasteiger partial charge in [0.25, 0.3) is 9.05 Å². The number of nitrogens with zero attached hydrogens (tertiary/aromatic N) is 1. The summed E-state index contributed by atoms with van der Waals surface area (Å²) in [5, 5.41) is 0.515. The van der Waals surface area contributed by atoms with E-state index in [1.807, 2.05) is 19.1 Å². The number of aromatic nitrogens is 1. The second kappa shape index (κ2) is 5.27. The molecule has 1 aromatic heterocycles. The topological polar surface area (TPSA) is 48.3 Å². The fourth-order valence-electron chi connectivity index (χ4n) is 2.03. The highest BCUT2D eigenvalue weighted by Gasteiger charge is 2.21. The van der Waals surface area contributed by atoms with Gasteiger partial charge in [0.05, 0.1) is 17.5 Å². The smallest absolute Gasteiger partial charge is 0.263 e. The summed E-state index contributed by atoms with van der Waals surface area (Å²) in [6, 6.07) is 5.38. The van der Waals surface area contributed by atoms with E-state index in [9.17, 15) is 8.42 Å². The van der Waals surface area contributed by atoms with Crippen LogP contribution in [0, 0.1) is 0 Å². The summed E-state index contributed by atoms with van der Waals surface area (Å²) in [6.07, 6.45) is 3.20. The van der Waals surface area contributed by atoms with Crippen LogP contribution in [-0.4, -0.2) is 19.6 Å².